The fraction of sp³-hybridized carbons (Fsp3) is 0.100. The number of pyridine rings is 1. The summed E-state index contributed by atoms with van der Waals surface area (Å²) in [6.07, 6.45) is 3.73. The third-order valence-corrected chi connectivity index (χ3v) is 2.41. The smallest absolute Gasteiger partial charge is 0.119 e. The third-order valence-electron chi connectivity index (χ3n) is 1.78. The number of nitrogens with zero attached hydrogens (tertiary/aromatic N) is 3. The van der Waals surface area contributed by atoms with Crippen molar-refractivity contribution in [2.75, 3.05) is 6.26 Å². The fourth-order valence-electron chi connectivity index (χ4n) is 1.08. The van der Waals surface area contributed by atoms with E-state index in [4.69, 9.17) is 0 Å². The minimum Gasteiger partial charge on any atom is -0.255 e. The van der Waals surface area contributed by atoms with E-state index < -0.39 is 0 Å². The second-order valence-corrected chi connectivity index (χ2v) is 3.50. The van der Waals surface area contributed by atoms with Crippen LogP contribution in [-0.2, 0) is 0 Å². The van der Waals surface area contributed by atoms with E-state index in [1.807, 2.05) is 36.6 Å². The molecule has 2 aromatic rings. The van der Waals surface area contributed by atoms with Crippen LogP contribution in [0.1, 0.15) is 0 Å². The van der Waals surface area contributed by atoms with Crippen LogP contribution in [0, 0.1) is 0 Å². The summed E-state index contributed by atoms with van der Waals surface area (Å²) in [6, 6.07) is 9.62. The first kappa shape index (κ1) is 9.15. The van der Waals surface area contributed by atoms with Crippen molar-refractivity contribution in [3.8, 4) is 11.4 Å². The third kappa shape index (κ3) is 1.90. The van der Waals surface area contributed by atoms with Crippen molar-refractivity contribution in [1.82, 2.24) is 15.2 Å². The van der Waals surface area contributed by atoms with E-state index >= 15 is 0 Å². The van der Waals surface area contributed by atoms with E-state index in [9.17, 15) is 0 Å². The van der Waals surface area contributed by atoms with E-state index in [2.05, 4.69) is 15.2 Å². The van der Waals surface area contributed by atoms with Crippen molar-refractivity contribution in [3.63, 3.8) is 0 Å². The topological polar surface area (TPSA) is 38.7 Å². The molecule has 0 saturated carbocycles. The molecular formula is C10H9N3S. The molecule has 2 rings (SSSR count). The Kier molecular flexibility index (Phi) is 2.74. The summed E-state index contributed by atoms with van der Waals surface area (Å²) in [4.78, 5) is 4.20. The maximum absolute atomic E-state index is 4.20. The van der Waals surface area contributed by atoms with Gasteiger partial charge in [-0.15, -0.1) is 22.0 Å². The zero-order chi connectivity index (χ0) is 9.80. The number of thioether (sulfide) groups is 1. The van der Waals surface area contributed by atoms with Gasteiger partial charge >= 0.3 is 0 Å². The molecule has 0 aliphatic heterocycles. The molecule has 2 aromatic heterocycles. The van der Waals surface area contributed by atoms with Gasteiger partial charge in [0, 0.05) is 6.20 Å². The summed E-state index contributed by atoms with van der Waals surface area (Å²) in [5, 5.41) is 9.05. The largest absolute Gasteiger partial charge is 0.255 e. The normalized spacial score (nSPS) is 10.1. The van der Waals surface area contributed by atoms with Crippen molar-refractivity contribution >= 4 is 11.8 Å². The van der Waals surface area contributed by atoms with Gasteiger partial charge in [0.25, 0.3) is 0 Å². The first-order chi connectivity index (χ1) is 6.90. The number of hydrogen-bond acceptors (Lipinski definition) is 4. The van der Waals surface area contributed by atoms with Gasteiger partial charge in [-0.1, -0.05) is 6.07 Å². The van der Waals surface area contributed by atoms with Crippen LogP contribution in [0.4, 0.5) is 0 Å². The molecule has 0 saturated heterocycles. The van der Waals surface area contributed by atoms with Crippen molar-refractivity contribution in [3.05, 3.63) is 36.5 Å². The number of rotatable bonds is 2. The predicted octanol–water partition coefficient (Wildman–Crippen LogP) is 2.26. The maximum Gasteiger partial charge on any atom is 0.119 e. The molecule has 0 aromatic carbocycles. The van der Waals surface area contributed by atoms with Crippen molar-refractivity contribution in [1.29, 1.82) is 0 Å². The molecule has 0 radical (unpaired) electrons. The Balaban J connectivity index is 2.34. The molecule has 2 heterocycles. The lowest BCUT2D eigenvalue weighted by Gasteiger charge is -1.98. The number of hydrogen-bond donors (Lipinski definition) is 0. The highest BCUT2D eigenvalue weighted by Gasteiger charge is 2.00. The Labute approximate surface area is 86.6 Å². The highest BCUT2D eigenvalue weighted by molar-refractivity contribution is 7.98. The second-order valence-electron chi connectivity index (χ2n) is 2.68. The lowest BCUT2D eigenvalue weighted by molar-refractivity contribution is 0.933. The average molecular weight is 203 g/mol. The van der Waals surface area contributed by atoms with Crippen molar-refractivity contribution < 1.29 is 0 Å². The summed E-state index contributed by atoms with van der Waals surface area (Å²) in [5.41, 5.74) is 1.66. The van der Waals surface area contributed by atoms with Crippen LogP contribution in [0.2, 0.25) is 0 Å². The van der Waals surface area contributed by atoms with Crippen LogP contribution in [0.3, 0.4) is 0 Å². The Hall–Kier alpha value is -1.42. The first-order valence-corrected chi connectivity index (χ1v) is 5.42. The van der Waals surface area contributed by atoms with Gasteiger partial charge in [0.2, 0.25) is 0 Å². The van der Waals surface area contributed by atoms with Gasteiger partial charge in [0.05, 0.1) is 5.69 Å². The Morgan fingerprint density at radius 1 is 1.00 bits per heavy atom. The van der Waals surface area contributed by atoms with Gasteiger partial charge in [0.1, 0.15) is 10.7 Å². The highest BCUT2D eigenvalue weighted by atomic mass is 32.2. The summed E-state index contributed by atoms with van der Waals surface area (Å²) in [7, 11) is 0. The van der Waals surface area contributed by atoms with E-state index in [0.29, 0.717) is 0 Å². The molecule has 0 spiro atoms. The summed E-state index contributed by atoms with van der Waals surface area (Å²) < 4.78 is 0. The van der Waals surface area contributed by atoms with E-state index in [1.165, 1.54) is 0 Å². The van der Waals surface area contributed by atoms with Gasteiger partial charge in [-0.3, -0.25) is 4.98 Å². The molecular weight excluding hydrogens is 194 g/mol. The quantitative estimate of drug-likeness (QED) is 0.702. The standard InChI is InChI=1S/C10H9N3S/c1-14-10-6-5-9(12-13-10)8-4-2-3-7-11-8/h2-7H,1H3. The lowest BCUT2D eigenvalue weighted by Crippen LogP contribution is -1.90. The van der Waals surface area contributed by atoms with Crippen molar-refractivity contribution in [2.24, 2.45) is 0 Å². The molecule has 0 bridgehead atoms. The summed E-state index contributed by atoms with van der Waals surface area (Å²) in [5.74, 6) is 0. The monoisotopic (exact) mass is 203 g/mol. The SMILES string of the molecule is CSc1ccc(-c2ccccn2)nn1. The molecule has 0 atom stereocenters. The fourth-order valence-corrected chi connectivity index (χ4v) is 1.41. The molecule has 0 fully saturated rings. The van der Waals surface area contributed by atoms with Crippen LogP contribution in [0.15, 0.2) is 41.6 Å². The van der Waals surface area contributed by atoms with Crippen LogP contribution >= 0.6 is 11.8 Å². The summed E-state index contributed by atoms with van der Waals surface area (Å²) in [6.45, 7) is 0. The van der Waals surface area contributed by atoms with Crippen molar-refractivity contribution in [2.45, 2.75) is 5.03 Å². The van der Waals surface area contributed by atoms with Crippen LogP contribution in [-0.4, -0.2) is 21.4 Å². The molecule has 0 amide bonds. The zero-order valence-electron chi connectivity index (χ0n) is 7.71. The van der Waals surface area contributed by atoms with Crippen LogP contribution < -0.4 is 0 Å². The van der Waals surface area contributed by atoms with Gasteiger partial charge < -0.3 is 0 Å². The number of aromatic nitrogens is 3. The van der Waals surface area contributed by atoms with E-state index in [0.717, 1.165) is 16.4 Å². The Morgan fingerprint density at radius 2 is 1.93 bits per heavy atom. The maximum atomic E-state index is 4.20. The second kappa shape index (κ2) is 4.19. The lowest BCUT2D eigenvalue weighted by atomic mass is 10.2. The van der Waals surface area contributed by atoms with E-state index in [1.54, 1.807) is 18.0 Å². The molecule has 0 aliphatic rings. The minimum atomic E-state index is 0.809. The van der Waals surface area contributed by atoms with Crippen LogP contribution in [0.5, 0.6) is 0 Å². The van der Waals surface area contributed by atoms with Gasteiger partial charge in [-0.2, -0.15) is 0 Å². The first-order valence-electron chi connectivity index (χ1n) is 4.19. The average Bonchev–Trinajstić information content (AvgIpc) is 2.30. The van der Waals surface area contributed by atoms with Crippen LogP contribution in [0.25, 0.3) is 11.4 Å². The van der Waals surface area contributed by atoms with Gasteiger partial charge in [-0.25, -0.2) is 0 Å². The zero-order valence-corrected chi connectivity index (χ0v) is 8.53. The molecule has 0 aliphatic carbocycles. The predicted molar refractivity (Wildman–Crippen MR) is 57.0 cm³/mol. The molecule has 0 N–H and O–H groups in total. The molecule has 4 heteroatoms. The summed E-state index contributed by atoms with van der Waals surface area (Å²) >= 11 is 1.58. The molecule has 3 nitrogen and oxygen atoms in total. The van der Waals surface area contributed by atoms with Gasteiger partial charge in [-0.05, 0) is 30.5 Å². The highest BCUT2D eigenvalue weighted by Crippen LogP contribution is 2.15. The van der Waals surface area contributed by atoms with Gasteiger partial charge in [0.15, 0.2) is 0 Å². The Morgan fingerprint density at radius 3 is 2.50 bits per heavy atom. The Bertz CT molecular complexity index is 399. The molecule has 14 heavy (non-hydrogen) atoms. The molecule has 0 unspecified atom stereocenters. The minimum absolute atomic E-state index is 0.809. The van der Waals surface area contributed by atoms with E-state index in [-0.39, 0.29) is 0 Å². The molecule has 70 valence electrons.